The first-order valence-corrected chi connectivity index (χ1v) is 10.5. The molecule has 0 unspecified atom stereocenters. The van der Waals surface area contributed by atoms with Crippen molar-refractivity contribution < 1.29 is 13.2 Å². The van der Waals surface area contributed by atoms with E-state index in [9.17, 15) is 13.2 Å². The van der Waals surface area contributed by atoms with E-state index in [1.165, 1.54) is 10.6 Å². The maximum Gasteiger partial charge on any atom is 0.226 e. The highest BCUT2D eigenvalue weighted by Gasteiger charge is 2.24. The molecule has 1 heterocycles. The summed E-state index contributed by atoms with van der Waals surface area (Å²) in [6, 6.07) is 7.64. The Morgan fingerprint density at radius 2 is 1.84 bits per heavy atom. The minimum atomic E-state index is -3.16. The summed E-state index contributed by atoms with van der Waals surface area (Å²) in [6.45, 7) is 4.03. The number of anilines is 2. The highest BCUT2D eigenvalue weighted by Crippen LogP contribution is 2.26. The van der Waals surface area contributed by atoms with Crippen LogP contribution in [-0.2, 0) is 14.8 Å². The van der Waals surface area contributed by atoms with Gasteiger partial charge in [-0.05, 0) is 30.8 Å². The van der Waals surface area contributed by atoms with E-state index in [0.717, 1.165) is 17.8 Å². The van der Waals surface area contributed by atoms with E-state index in [2.05, 4.69) is 15.5 Å². The first-order valence-electron chi connectivity index (χ1n) is 8.21. The number of sulfonamides is 1. The monoisotopic (exact) mass is 384 g/mol. The van der Waals surface area contributed by atoms with Gasteiger partial charge in [-0.2, -0.15) is 4.31 Å². The fourth-order valence-corrected chi connectivity index (χ4v) is 3.74. The lowest BCUT2D eigenvalue weighted by molar-refractivity contribution is -0.119. The van der Waals surface area contributed by atoms with E-state index >= 15 is 0 Å². The van der Waals surface area contributed by atoms with Crippen molar-refractivity contribution in [1.82, 2.24) is 9.62 Å². The van der Waals surface area contributed by atoms with Crippen LogP contribution in [0.5, 0.6) is 0 Å². The van der Waals surface area contributed by atoms with Gasteiger partial charge in [-0.3, -0.25) is 4.79 Å². The van der Waals surface area contributed by atoms with E-state index in [1.807, 2.05) is 31.2 Å². The van der Waals surface area contributed by atoms with Crippen molar-refractivity contribution >= 4 is 44.6 Å². The number of amides is 1. The molecular formula is C16H24N4O3S2. The summed E-state index contributed by atoms with van der Waals surface area (Å²) in [5.74, 6) is -0.112. The molecule has 25 heavy (non-hydrogen) atoms. The van der Waals surface area contributed by atoms with E-state index in [1.54, 1.807) is 0 Å². The zero-order valence-electron chi connectivity index (χ0n) is 14.5. The molecule has 1 fully saturated rings. The Bertz CT molecular complexity index is 729. The average molecular weight is 385 g/mol. The molecule has 1 saturated heterocycles. The third-order valence-electron chi connectivity index (χ3n) is 3.93. The largest absolute Gasteiger partial charge is 0.367 e. The maximum atomic E-state index is 11.6. The maximum absolute atomic E-state index is 11.6. The van der Waals surface area contributed by atoms with Crippen LogP contribution in [0.2, 0.25) is 0 Å². The van der Waals surface area contributed by atoms with Crippen LogP contribution >= 0.6 is 12.2 Å². The molecule has 7 nitrogen and oxygen atoms in total. The number of benzene rings is 1. The summed E-state index contributed by atoms with van der Waals surface area (Å²) >= 11 is 5.21. The van der Waals surface area contributed by atoms with Gasteiger partial charge in [0.2, 0.25) is 15.9 Å². The summed E-state index contributed by atoms with van der Waals surface area (Å²) in [5.41, 5.74) is 1.72. The van der Waals surface area contributed by atoms with Crippen molar-refractivity contribution in [3.8, 4) is 0 Å². The van der Waals surface area contributed by atoms with Gasteiger partial charge in [-0.1, -0.05) is 19.1 Å². The molecule has 0 aromatic heterocycles. The van der Waals surface area contributed by atoms with Crippen LogP contribution in [0.15, 0.2) is 24.3 Å². The lowest BCUT2D eigenvalue weighted by Crippen LogP contribution is -2.48. The van der Waals surface area contributed by atoms with Gasteiger partial charge in [0.25, 0.3) is 0 Å². The Kier molecular flexibility index (Phi) is 6.74. The molecular weight excluding hydrogens is 360 g/mol. The van der Waals surface area contributed by atoms with Gasteiger partial charge in [-0.25, -0.2) is 8.42 Å². The topological polar surface area (TPSA) is 81.8 Å². The predicted molar refractivity (Wildman–Crippen MR) is 104 cm³/mol. The zero-order valence-corrected chi connectivity index (χ0v) is 16.1. The Morgan fingerprint density at radius 1 is 1.20 bits per heavy atom. The summed E-state index contributed by atoms with van der Waals surface area (Å²) in [4.78, 5) is 13.8. The number of hydrogen-bond donors (Lipinski definition) is 2. The van der Waals surface area contributed by atoms with Gasteiger partial charge < -0.3 is 15.5 Å². The number of nitrogens with zero attached hydrogens (tertiary/aromatic N) is 2. The normalized spacial score (nSPS) is 15.7. The first kappa shape index (κ1) is 19.6. The Balaban J connectivity index is 2.04. The molecule has 1 aromatic carbocycles. The van der Waals surface area contributed by atoms with Crippen LogP contribution in [0.1, 0.15) is 19.8 Å². The molecule has 1 aliphatic heterocycles. The molecule has 0 radical (unpaired) electrons. The summed E-state index contributed by atoms with van der Waals surface area (Å²) in [5, 5.41) is 5.99. The van der Waals surface area contributed by atoms with Gasteiger partial charge in [0.05, 0.1) is 17.6 Å². The van der Waals surface area contributed by atoms with Crippen molar-refractivity contribution in [2.24, 2.45) is 0 Å². The summed E-state index contributed by atoms with van der Waals surface area (Å²) in [6.07, 6.45) is 2.42. The third kappa shape index (κ3) is 5.65. The fraction of sp³-hybridized carbons (Fsp3) is 0.500. The van der Waals surface area contributed by atoms with E-state index in [4.69, 9.17) is 12.2 Å². The molecule has 1 amide bonds. The molecule has 9 heteroatoms. The minimum Gasteiger partial charge on any atom is -0.367 e. The third-order valence-corrected chi connectivity index (χ3v) is 5.44. The molecule has 0 bridgehead atoms. The number of rotatable bonds is 5. The second-order valence-electron chi connectivity index (χ2n) is 5.92. The Labute approximate surface area is 154 Å². The molecule has 1 aromatic rings. The second-order valence-corrected chi connectivity index (χ2v) is 8.31. The van der Waals surface area contributed by atoms with Crippen LogP contribution in [0.25, 0.3) is 0 Å². The average Bonchev–Trinajstić information content (AvgIpc) is 2.54. The molecule has 0 saturated carbocycles. The zero-order chi connectivity index (χ0) is 18.4. The molecule has 2 N–H and O–H groups in total. The van der Waals surface area contributed by atoms with Crippen LogP contribution < -0.4 is 15.5 Å². The Hall–Kier alpha value is -1.71. The van der Waals surface area contributed by atoms with E-state index in [0.29, 0.717) is 32.6 Å². The smallest absolute Gasteiger partial charge is 0.226 e. The van der Waals surface area contributed by atoms with Crippen molar-refractivity contribution in [1.29, 1.82) is 0 Å². The first-order chi connectivity index (χ1) is 11.8. The SMILES string of the molecule is CCCC(=O)NC(=S)Nc1ccccc1N1CCN(S(C)(=O)=O)CC1. The standard InChI is InChI=1S/C16H24N4O3S2/c1-3-6-15(21)18-16(24)17-13-7-4-5-8-14(13)19-9-11-20(12-10-19)25(2,22)23/h4-5,7-8H,3,6,9-12H2,1-2H3,(H2,17,18,21,24). The van der Waals surface area contributed by atoms with E-state index < -0.39 is 10.0 Å². The number of piperazine rings is 1. The minimum absolute atomic E-state index is 0.112. The van der Waals surface area contributed by atoms with Crippen molar-refractivity contribution in [2.75, 3.05) is 42.7 Å². The van der Waals surface area contributed by atoms with Crippen LogP contribution in [0.3, 0.4) is 0 Å². The number of carbonyl (C=O) groups is 1. The van der Waals surface area contributed by atoms with Crippen LogP contribution in [0.4, 0.5) is 11.4 Å². The van der Waals surface area contributed by atoms with Crippen molar-refractivity contribution in [3.63, 3.8) is 0 Å². The Morgan fingerprint density at radius 3 is 2.44 bits per heavy atom. The number of nitrogens with one attached hydrogen (secondary N) is 2. The molecule has 0 atom stereocenters. The summed E-state index contributed by atoms with van der Waals surface area (Å²) < 4.78 is 24.8. The van der Waals surface area contributed by atoms with Gasteiger partial charge in [-0.15, -0.1) is 0 Å². The fourth-order valence-electron chi connectivity index (χ4n) is 2.69. The van der Waals surface area contributed by atoms with E-state index in [-0.39, 0.29) is 11.0 Å². The lowest BCUT2D eigenvalue weighted by atomic mass is 10.2. The molecule has 138 valence electrons. The number of thiocarbonyl (C=S) groups is 1. The second kappa shape index (κ2) is 8.59. The highest BCUT2D eigenvalue weighted by molar-refractivity contribution is 7.88. The molecule has 2 rings (SSSR count). The quantitative estimate of drug-likeness (QED) is 0.747. The van der Waals surface area contributed by atoms with Crippen molar-refractivity contribution in [3.05, 3.63) is 24.3 Å². The van der Waals surface area contributed by atoms with Crippen LogP contribution in [-0.4, -0.2) is 56.2 Å². The lowest BCUT2D eigenvalue weighted by Gasteiger charge is -2.35. The number of hydrogen-bond acceptors (Lipinski definition) is 5. The van der Waals surface area contributed by atoms with Gasteiger partial charge in [0, 0.05) is 32.6 Å². The molecule has 1 aliphatic rings. The highest BCUT2D eigenvalue weighted by atomic mass is 32.2. The van der Waals surface area contributed by atoms with Gasteiger partial charge >= 0.3 is 0 Å². The summed E-state index contributed by atoms with van der Waals surface area (Å²) in [7, 11) is -3.16. The number of carbonyl (C=O) groups excluding carboxylic acids is 1. The molecule has 0 aliphatic carbocycles. The number of para-hydroxylation sites is 2. The predicted octanol–water partition coefficient (Wildman–Crippen LogP) is 1.38. The van der Waals surface area contributed by atoms with Crippen LogP contribution in [0, 0.1) is 0 Å². The van der Waals surface area contributed by atoms with Gasteiger partial charge in [0.1, 0.15) is 0 Å². The van der Waals surface area contributed by atoms with Crippen molar-refractivity contribution in [2.45, 2.75) is 19.8 Å². The molecule has 0 spiro atoms. The van der Waals surface area contributed by atoms with Gasteiger partial charge in [0.15, 0.2) is 5.11 Å².